The third kappa shape index (κ3) is 3.34. The van der Waals surface area contributed by atoms with Crippen molar-refractivity contribution in [3.8, 4) is 11.5 Å². The van der Waals surface area contributed by atoms with E-state index in [2.05, 4.69) is 20.0 Å². The molecule has 0 N–H and O–H groups in total. The second-order valence-electron chi connectivity index (χ2n) is 6.06. The summed E-state index contributed by atoms with van der Waals surface area (Å²) in [5.41, 5.74) is 1.88. The van der Waals surface area contributed by atoms with Crippen LogP contribution in [-0.2, 0) is 6.54 Å². The molecule has 3 heterocycles. The van der Waals surface area contributed by atoms with Gasteiger partial charge in [-0.15, -0.1) is 0 Å². The summed E-state index contributed by atoms with van der Waals surface area (Å²) in [7, 11) is 0. The zero-order valence-corrected chi connectivity index (χ0v) is 13.9. The number of nitrogens with zero attached hydrogens (tertiary/aromatic N) is 5. The van der Waals surface area contributed by atoms with Crippen molar-refractivity contribution in [1.82, 2.24) is 24.6 Å². The fourth-order valence-electron chi connectivity index (χ4n) is 3.13. The van der Waals surface area contributed by atoms with Gasteiger partial charge in [-0.3, -0.25) is 4.90 Å². The van der Waals surface area contributed by atoms with E-state index in [1.54, 1.807) is 18.9 Å². The number of rotatable bonds is 4. The van der Waals surface area contributed by atoms with E-state index in [4.69, 9.17) is 16.0 Å². The van der Waals surface area contributed by atoms with Crippen molar-refractivity contribution in [3.05, 3.63) is 53.9 Å². The number of halogens is 1. The fraction of sp³-hybridized carbons (Fsp3) is 0.353. The van der Waals surface area contributed by atoms with Crippen molar-refractivity contribution < 1.29 is 4.42 Å². The van der Waals surface area contributed by atoms with Gasteiger partial charge in [-0.2, -0.15) is 5.10 Å². The number of hydrogen-bond acceptors (Lipinski definition) is 5. The second kappa shape index (κ2) is 6.75. The predicted molar refractivity (Wildman–Crippen MR) is 90.5 cm³/mol. The largest absolute Gasteiger partial charge is 0.444 e. The zero-order chi connectivity index (χ0) is 16.4. The van der Waals surface area contributed by atoms with Gasteiger partial charge in [0, 0.05) is 23.7 Å². The molecule has 0 spiro atoms. The van der Waals surface area contributed by atoms with Crippen molar-refractivity contribution in [2.24, 2.45) is 0 Å². The van der Waals surface area contributed by atoms with Crippen LogP contribution in [0.5, 0.6) is 0 Å². The first-order valence-electron chi connectivity index (χ1n) is 8.05. The Hall–Kier alpha value is -2.18. The predicted octanol–water partition coefficient (Wildman–Crippen LogP) is 3.42. The molecular formula is C17H18ClN5O. The first-order chi connectivity index (χ1) is 11.8. The van der Waals surface area contributed by atoms with Gasteiger partial charge in [0.05, 0.1) is 11.7 Å². The lowest BCUT2D eigenvalue weighted by Crippen LogP contribution is -2.36. The van der Waals surface area contributed by atoms with E-state index >= 15 is 0 Å². The molecule has 1 aromatic carbocycles. The molecule has 0 aliphatic carbocycles. The van der Waals surface area contributed by atoms with E-state index in [-0.39, 0.29) is 0 Å². The average molecular weight is 344 g/mol. The van der Waals surface area contributed by atoms with Gasteiger partial charge < -0.3 is 4.42 Å². The standard InChI is InChI=1S/C17H18ClN5O/c18-14-5-3-13(4-6-14)17-21-15(10-24-17)8-22-7-1-2-16(9-22)23-12-19-11-20-23/h3-6,10-12,16H,1-2,7-9H2. The van der Waals surface area contributed by atoms with E-state index in [9.17, 15) is 0 Å². The SMILES string of the molecule is Clc1ccc(-c2nc(CN3CCCC(n4cncn4)C3)co2)cc1. The molecule has 4 rings (SSSR count). The Morgan fingerprint density at radius 1 is 1.25 bits per heavy atom. The first kappa shape index (κ1) is 15.4. The monoisotopic (exact) mass is 343 g/mol. The van der Waals surface area contributed by atoms with Gasteiger partial charge in [-0.25, -0.2) is 14.6 Å². The van der Waals surface area contributed by atoms with Crippen LogP contribution in [-0.4, -0.2) is 37.7 Å². The van der Waals surface area contributed by atoms with Crippen molar-refractivity contribution in [2.75, 3.05) is 13.1 Å². The number of hydrogen-bond donors (Lipinski definition) is 0. The average Bonchev–Trinajstić information content (AvgIpc) is 3.28. The van der Waals surface area contributed by atoms with Crippen LogP contribution in [0.25, 0.3) is 11.5 Å². The van der Waals surface area contributed by atoms with Crippen LogP contribution in [0.2, 0.25) is 5.02 Å². The molecule has 1 fully saturated rings. The third-order valence-corrected chi connectivity index (χ3v) is 4.57. The lowest BCUT2D eigenvalue weighted by atomic mass is 10.1. The molecule has 1 saturated heterocycles. The van der Waals surface area contributed by atoms with Gasteiger partial charge in [0.2, 0.25) is 5.89 Å². The summed E-state index contributed by atoms with van der Waals surface area (Å²) in [6, 6.07) is 7.89. The Morgan fingerprint density at radius 2 is 2.12 bits per heavy atom. The van der Waals surface area contributed by atoms with Crippen LogP contribution in [0, 0.1) is 0 Å². The molecule has 0 bridgehead atoms. The van der Waals surface area contributed by atoms with Gasteiger partial charge >= 0.3 is 0 Å². The van der Waals surface area contributed by atoms with Crippen molar-refractivity contribution in [3.63, 3.8) is 0 Å². The van der Waals surface area contributed by atoms with E-state index in [0.717, 1.165) is 43.7 Å². The highest BCUT2D eigenvalue weighted by atomic mass is 35.5. The minimum absolute atomic E-state index is 0.379. The molecule has 0 amide bonds. The summed E-state index contributed by atoms with van der Waals surface area (Å²) in [4.78, 5) is 11.0. The number of likely N-dealkylation sites (tertiary alicyclic amines) is 1. The van der Waals surface area contributed by atoms with Gasteiger partial charge in [0.15, 0.2) is 0 Å². The molecule has 2 aromatic heterocycles. The molecular weight excluding hydrogens is 326 g/mol. The molecule has 24 heavy (non-hydrogen) atoms. The molecule has 6 nitrogen and oxygen atoms in total. The molecule has 0 radical (unpaired) electrons. The molecule has 1 aliphatic rings. The van der Waals surface area contributed by atoms with E-state index in [1.165, 1.54) is 0 Å². The molecule has 1 aliphatic heterocycles. The highest BCUT2D eigenvalue weighted by molar-refractivity contribution is 6.30. The molecule has 7 heteroatoms. The van der Waals surface area contributed by atoms with Crippen molar-refractivity contribution in [2.45, 2.75) is 25.4 Å². The van der Waals surface area contributed by atoms with Crippen LogP contribution in [0.4, 0.5) is 0 Å². The summed E-state index contributed by atoms with van der Waals surface area (Å²) < 4.78 is 7.58. The van der Waals surface area contributed by atoms with Gasteiger partial charge in [-0.1, -0.05) is 11.6 Å². The van der Waals surface area contributed by atoms with Gasteiger partial charge in [0.1, 0.15) is 18.9 Å². The van der Waals surface area contributed by atoms with E-state index in [0.29, 0.717) is 17.0 Å². The minimum Gasteiger partial charge on any atom is -0.444 e. The Bertz CT molecular complexity index is 784. The van der Waals surface area contributed by atoms with E-state index in [1.807, 2.05) is 28.9 Å². The van der Waals surface area contributed by atoms with Gasteiger partial charge in [-0.05, 0) is 43.7 Å². The van der Waals surface area contributed by atoms with Crippen molar-refractivity contribution >= 4 is 11.6 Å². The minimum atomic E-state index is 0.379. The lowest BCUT2D eigenvalue weighted by molar-refractivity contribution is 0.161. The maximum atomic E-state index is 5.92. The summed E-state index contributed by atoms with van der Waals surface area (Å²) >= 11 is 5.92. The van der Waals surface area contributed by atoms with Crippen LogP contribution < -0.4 is 0 Å². The summed E-state index contributed by atoms with van der Waals surface area (Å²) in [6.45, 7) is 2.79. The molecule has 1 atom stereocenters. The Morgan fingerprint density at radius 3 is 2.92 bits per heavy atom. The third-order valence-electron chi connectivity index (χ3n) is 4.32. The molecule has 3 aromatic rings. The smallest absolute Gasteiger partial charge is 0.226 e. The zero-order valence-electron chi connectivity index (χ0n) is 13.2. The first-order valence-corrected chi connectivity index (χ1v) is 8.42. The number of oxazole rings is 1. The maximum absolute atomic E-state index is 5.92. The summed E-state index contributed by atoms with van der Waals surface area (Å²) in [6.07, 6.45) is 7.40. The van der Waals surface area contributed by atoms with Crippen LogP contribution in [0.15, 0.2) is 47.6 Å². The molecule has 1 unspecified atom stereocenters. The highest BCUT2D eigenvalue weighted by Crippen LogP contribution is 2.24. The number of aromatic nitrogens is 4. The fourth-order valence-corrected chi connectivity index (χ4v) is 3.26. The summed E-state index contributed by atoms with van der Waals surface area (Å²) in [5.74, 6) is 0.631. The Kier molecular flexibility index (Phi) is 4.32. The van der Waals surface area contributed by atoms with Crippen LogP contribution in [0.1, 0.15) is 24.6 Å². The quantitative estimate of drug-likeness (QED) is 0.726. The Labute approximate surface area is 145 Å². The van der Waals surface area contributed by atoms with Crippen LogP contribution >= 0.6 is 11.6 Å². The highest BCUT2D eigenvalue weighted by Gasteiger charge is 2.22. The molecule has 124 valence electrons. The van der Waals surface area contributed by atoms with E-state index < -0.39 is 0 Å². The number of piperidine rings is 1. The van der Waals surface area contributed by atoms with Crippen LogP contribution in [0.3, 0.4) is 0 Å². The van der Waals surface area contributed by atoms with Gasteiger partial charge in [0.25, 0.3) is 0 Å². The lowest BCUT2D eigenvalue weighted by Gasteiger charge is -2.31. The van der Waals surface area contributed by atoms with Crippen molar-refractivity contribution in [1.29, 1.82) is 0 Å². The molecule has 0 saturated carbocycles. The normalized spacial score (nSPS) is 18.8. The summed E-state index contributed by atoms with van der Waals surface area (Å²) in [5, 5.41) is 4.97. The Balaban J connectivity index is 1.43. The number of benzene rings is 1. The topological polar surface area (TPSA) is 60.0 Å². The second-order valence-corrected chi connectivity index (χ2v) is 6.49. The maximum Gasteiger partial charge on any atom is 0.226 e.